The number of imidazole rings is 1. The SMILES string of the molecule is CCOC(=O)c1c(C)ncn1C[C@@H]1CCO1. The van der Waals surface area contributed by atoms with Crippen LogP contribution in [-0.2, 0) is 16.0 Å². The van der Waals surface area contributed by atoms with Crippen molar-refractivity contribution in [3.8, 4) is 0 Å². The fraction of sp³-hybridized carbons (Fsp3) is 0.636. The van der Waals surface area contributed by atoms with E-state index >= 15 is 0 Å². The Balaban J connectivity index is 2.14. The highest BCUT2D eigenvalue weighted by molar-refractivity contribution is 5.88. The second kappa shape index (κ2) is 4.65. The fourth-order valence-corrected chi connectivity index (χ4v) is 1.73. The molecule has 0 N–H and O–H groups in total. The third-order valence-electron chi connectivity index (χ3n) is 2.68. The van der Waals surface area contributed by atoms with Crippen LogP contribution in [0.4, 0.5) is 0 Å². The zero-order valence-electron chi connectivity index (χ0n) is 9.60. The van der Waals surface area contributed by atoms with Gasteiger partial charge in [-0.05, 0) is 20.3 Å². The Hall–Kier alpha value is -1.36. The van der Waals surface area contributed by atoms with Crippen LogP contribution in [0.5, 0.6) is 0 Å². The van der Waals surface area contributed by atoms with E-state index in [1.165, 1.54) is 0 Å². The Morgan fingerprint density at radius 3 is 3.06 bits per heavy atom. The molecule has 0 saturated carbocycles. The molecule has 0 radical (unpaired) electrons. The zero-order chi connectivity index (χ0) is 11.5. The number of carbonyl (C=O) groups excluding carboxylic acids is 1. The highest BCUT2D eigenvalue weighted by Crippen LogP contribution is 2.16. The maximum atomic E-state index is 11.7. The number of nitrogens with zero attached hydrogens (tertiary/aromatic N) is 2. The number of aryl methyl sites for hydroxylation is 1. The standard InChI is InChI=1S/C11H16N2O3/c1-3-15-11(14)10-8(2)12-7-13(10)6-9-4-5-16-9/h7,9H,3-6H2,1-2H3/t9-/m0/s1. The minimum absolute atomic E-state index is 0.210. The first kappa shape index (κ1) is 11.1. The Morgan fingerprint density at radius 2 is 2.50 bits per heavy atom. The molecule has 0 aromatic carbocycles. The summed E-state index contributed by atoms with van der Waals surface area (Å²) in [5.41, 5.74) is 1.25. The molecule has 0 amide bonds. The van der Waals surface area contributed by atoms with Crippen LogP contribution in [0.2, 0.25) is 0 Å². The lowest BCUT2D eigenvalue weighted by Gasteiger charge is -2.27. The van der Waals surface area contributed by atoms with Gasteiger partial charge in [-0.1, -0.05) is 0 Å². The van der Waals surface area contributed by atoms with E-state index in [0.717, 1.165) is 13.0 Å². The van der Waals surface area contributed by atoms with Crippen LogP contribution < -0.4 is 0 Å². The van der Waals surface area contributed by atoms with Gasteiger partial charge in [-0.2, -0.15) is 0 Å². The Morgan fingerprint density at radius 1 is 1.75 bits per heavy atom. The lowest BCUT2D eigenvalue weighted by atomic mass is 10.2. The van der Waals surface area contributed by atoms with Gasteiger partial charge in [-0.25, -0.2) is 9.78 Å². The molecule has 1 aromatic rings. The lowest BCUT2D eigenvalue weighted by molar-refractivity contribution is -0.0595. The van der Waals surface area contributed by atoms with Gasteiger partial charge in [0.05, 0.1) is 31.3 Å². The van der Waals surface area contributed by atoms with Gasteiger partial charge in [-0.3, -0.25) is 0 Å². The van der Waals surface area contributed by atoms with E-state index in [9.17, 15) is 4.79 Å². The van der Waals surface area contributed by atoms with Crippen LogP contribution in [0.25, 0.3) is 0 Å². The molecule has 0 unspecified atom stereocenters. The quantitative estimate of drug-likeness (QED) is 0.720. The lowest BCUT2D eigenvalue weighted by Crippen LogP contribution is -2.32. The fourth-order valence-electron chi connectivity index (χ4n) is 1.73. The van der Waals surface area contributed by atoms with Crippen LogP contribution in [0, 0.1) is 6.92 Å². The van der Waals surface area contributed by atoms with Crippen LogP contribution in [0.3, 0.4) is 0 Å². The normalized spacial score (nSPS) is 19.2. The maximum absolute atomic E-state index is 11.7. The van der Waals surface area contributed by atoms with E-state index in [2.05, 4.69) is 4.98 Å². The summed E-state index contributed by atoms with van der Waals surface area (Å²) in [6.45, 7) is 5.47. The summed E-state index contributed by atoms with van der Waals surface area (Å²) in [6, 6.07) is 0. The molecule has 16 heavy (non-hydrogen) atoms. The van der Waals surface area contributed by atoms with Crippen LogP contribution in [0.15, 0.2) is 6.33 Å². The highest BCUT2D eigenvalue weighted by Gasteiger charge is 2.23. The molecule has 0 aliphatic carbocycles. The molecule has 0 bridgehead atoms. The van der Waals surface area contributed by atoms with E-state index in [1.807, 2.05) is 11.5 Å². The topological polar surface area (TPSA) is 53.3 Å². The van der Waals surface area contributed by atoms with Crippen molar-refractivity contribution in [3.05, 3.63) is 17.7 Å². The molecule has 1 atom stereocenters. The number of hydrogen-bond acceptors (Lipinski definition) is 4. The predicted molar refractivity (Wildman–Crippen MR) is 57.3 cm³/mol. The van der Waals surface area contributed by atoms with E-state index < -0.39 is 0 Å². The maximum Gasteiger partial charge on any atom is 0.356 e. The second-order valence-electron chi connectivity index (χ2n) is 3.83. The summed E-state index contributed by atoms with van der Waals surface area (Å²) in [7, 11) is 0. The van der Waals surface area contributed by atoms with Crippen molar-refractivity contribution >= 4 is 5.97 Å². The molecule has 2 heterocycles. The average Bonchev–Trinajstić information content (AvgIpc) is 2.54. The Kier molecular flexibility index (Phi) is 3.24. The molecule has 88 valence electrons. The van der Waals surface area contributed by atoms with Crippen molar-refractivity contribution < 1.29 is 14.3 Å². The molecule has 5 nitrogen and oxygen atoms in total. The first-order chi connectivity index (χ1) is 7.72. The second-order valence-corrected chi connectivity index (χ2v) is 3.83. The third-order valence-corrected chi connectivity index (χ3v) is 2.68. The van der Waals surface area contributed by atoms with E-state index in [1.54, 1.807) is 13.3 Å². The third kappa shape index (κ3) is 2.09. The summed E-state index contributed by atoms with van der Waals surface area (Å²) in [6.07, 6.45) is 2.92. The minimum Gasteiger partial charge on any atom is -0.461 e. The summed E-state index contributed by atoms with van der Waals surface area (Å²) >= 11 is 0. The Labute approximate surface area is 94.4 Å². The van der Waals surface area contributed by atoms with Gasteiger partial charge < -0.3 is 14.0 Å². The largest absolute Gasteiger partial charge is 0.461 e. The molecule has 1 aliphatic heterocycles. The summed E-state index contributed by atoms with van der Waals surface area (Å²) in [5, 5.41) is 0. The zero-order valence-corrected chi connectivity index (χ0v) is 9.60. The van der Waals surface area contributed by atoms with Crippen LogP contribution >= 0.6 is 0 Å². The number of ether oxygens (including phenoxy) is 2. The molecular weight excluding hydrogens is 208 g/mol. The van der Waals surface area contributed by atoms with Crippen molar-refractivity contribution in [1.29, 1.82) is 0 Å². The average molecular weight is 224 g/mol. The van der Waals surface area contributed by atoms with Crippen LogP contribution in [-0.4, -0.2) is 34.8 Å². The monoisotopic (exact) mass is 224 g/mol. The molecular formula is C11H16N2O3. The molecule has 5 heteroatoms. The number of esters is 1. The highest BCUT2D eigenvalue weighted by atomic mass is 16.5. The number of carbonyl (C=O) groups is 1. The van der Waals surface area contributed by atoms with Crippen molar-refractivity contribution in [2.45, 2.75) is 32.9 Å². The van der Waals surface area contributed by atoms with Gasteiger partial charge in [0.25, 0.3) is 0 Å². The van der Waals surface area contributed by atoms with Crippen molar-refractivity contribution in [3.63, 3.8) is 0 Å². The van der Waals surface area contributed by atoms with E-state index in [-0.39, 0.29) is 12.1 Å². The van der Waals surface area contributed by atoms with E-state index in [0.29, 0.717) is 24.5 Å². The van der Waals surface area contributed by atoms with Gasteiger partial charge in [0.2, 0.25) is 0 Å². The predicted octanol–water partition coefficient (Wildman–Crippen LogP) is 1.16. The number of hydrogen-bond donors (Lipinski definition) is 0. The smallest absolute Gasteiger partial charge is 0.356 e. The van der Waals surface area contributed by atoms with Gasteiger partial charge in [0.1, 0.15) is 5.69 Å². The number of aromatic nitrogens is 2. The number of rotatable bonds is 4. The van der Waals surface area contributed by atoms with Gasteiger partial charge >= 0.3 is 5.97 Å². The van der Waals surface area contributed by atoms with Crippen molar-refractivity contribution in [1.82, 2.24) is 9.55 Å². The molecule has 1 fully saturated rings. The van der Waals surface area contributed by atoms with Gasteiger partial charge in [0, 0.05) is 6.61 Å². The molecule has 0 spiro atoms. The van der Waals surface area contributed by atoms with E-state index in [4.69, 9.17) is 9.47 Å². The van der Waals surface area contributed by atoms with Crippen LogP contribution in [0.1, 0.15) is 29.5 Å². The van der Waals surface area contributed by atoms with Crippen molar-refractivity contribution in [2.24, 2.45) is 0 Å². The summed E-state index contributed by atoms with van der Waals surface area (Å²) in [5.74, 6) is -0.308. The Bertz CT molecular complexity index is 383. The summed E-state index contributed by atoms with van der Waals surface area (Å²) < 4.78 is 12.2. The first-order valence-corrected chi connectivity index (χ1v) is 5.52. The minimum atomic E-state index is -0.308. The van der Waals surface area contributed by atoms with Gasteiger partial charge in [0.15, 0.2) is 0 Å². The van der Waals surface area contributed by atoms with Crippen molar-refractivity contribution in [2.75, 3.05) is 13.2 Å². The summed E-state index contributed by atoms with van der Waals surface area (Å²) in [4.78, 5) is 15.8. The first-order valence-electron chi connectivity index (χ1n) is 5.52. The molecule has 1 saturated heterocycles. The molecule has 1 aromatic heterocycles. The van der Waals surface area contributed by atoms with Gasteiger partial charge in [-0.15, -0.1) is 0 Å². The molecule has 1 aliphatic rings. The molecule has 2 rings (SSSR count).